The van der Waals surface area contributed by atoms with Crippen molar-refractivity contribution < 1.29 is 14.7 Å². The van der Waals surface area contributed by atoms with Crippen LogP contribution in [0.5, 0.6) is 0 Å². The molecular weight excluding hydrogens is 282 g/mol. The topological polar surface area (TPSA) is 95.1 Å². The van der Waals surface area contributed by atoms with Crippen molar-refractivity contribution in [3.63, 3.8) is 0 Å². The van der Waals surface area contributed by atoms with Gasteiger partial charge in [-0.1, -0.05) is 0 Å². The van der Waals surface area contributed by atoms with Gasteiger partial charge in [-0.25, -0.2) is 4.98 Å². The molecule has 2 aromatic rings. The second-order valence-electron chi connectivity index (χ2n) is 5.48. The van der Waals surface area contributed by atoms with Gasteiger partial charge in [-0.3, -0.25) is 9.59 Å². The molecule has 0 aliphatic carbocycles. The maximum Gasteiger partial charge on any atom is 0.303 e. The molecule has 3 N–H and O–H groups in total. The van der Waals surface area contributed by atoms with E-state index in [0.29, 0.717) is 25.8 Å². The summed E-state index contributed by atoms with van der Waals surface area (Å²) in [6.07, 6.45) is 1.40. The van der Waals surface area contributed by atoms with Crippen LogP contribution in [-0.2, 0) is 16.0 Å². The van der Waals surface area contributed by atoms with E-state index in [2.05, 4.69) is 28.3 Å². The van der Waals surface area contributed by atoms with E-state index in [4.69, 9.17) is 5.11 Å². The number of aromatic amines is 1. The summed E-state index contributed by atoms with van der Waals surface area (Å²) in [4.78, 5) is 29.8. The number of aryl methyl sites for hydroxylation is 3. The quantitative estimate of drug-likeness (QED) is 0.683. The van der Waals surface area contributed by atoms with E-state index in [0.717, 1.165) is 16.9 Å². The molecule has 0 aliphatic heterocycles. The lowest BCUT2D eigenvalue weighted by Gasteiger charge is -2.02. The molecule has 0 saturated heterocycles. The van der Waals surface area contributed by atoms with Crippen molar-refractivity contribution in [1.29, 1.82) is 0 Å². The van der Waals surface area contributed by atoms with Gasteiger partial charge >= 0.3 is 5.97 Å². The van der Waals surface area contributed by atoms with E-state index < -0.39 is 5.97 Å². The zero-order valence-corrected chi connectivity index (χ0v) is 12.9. The molecule has 6 nitrogen and oxygen atoms in total. The fraction of sp³-hybridized carbons (Fsp3) is 0.438. The summed E-state index contributed by atoms with van der Waals surface area (Å²) in [6, 6.07) is 4.10. The van der Waals surface area contributed by atoms with Gasteiger partial charge in [0.05, 0.1) is 11.0 Å². The minimum Gasteiger partial charge on any atom is -0.481 e. The molecule has 0 fully saturated rings. The Balaban J connectivity index is 1.84. The molecule has 0 radical (unpaired) electrons. The van der Waals surface area contributed by atoms with Gasteiger partial charge in [-0.2, -0.15) is 0 Å². The fourth-order valence-corrected chi connectivity index (χ4v) is 2.23. The number of aliphatic carboxylic acids is 1. The highest BCUT2D eigenvalue weighted by molar-refractivity contribution is 5.78. The average molecular weight is 303 g/mol. The van der Waals surface area contributed by atoms with Crippen LogP contribution in [0.2, 0.25) is 0 Å². The van der Waals surface area contributed by atoms with Crippen LogP contribution in [0, 0.1) is 13.8 Å². The Morgan fingerprint density at radius 3 is 2.68 bits per heavy atom. The maximum absolute atomic E-state index is 11.7. The number of carboxylic acid groups (broad SMARTS) is 1. The Labute approximate surface area is 128 Å². The highest BCUT2D eigenvalue weighted by Gasteiger charge is 2.07. The second kappa shape index (κ2) is 7.06. The summed E-state index contributed by atoms with van der Waals surface area (Å²) in [7, 11) is 0. The van der Waals surface area contributed by atoms with Gasteiger partial charge in [-0.15, -0.1) is 0 Å². The number of hydrogen-bond acceptors (Lipinski definition) is 3. The highest BCUT2D eigenvalue weighted by atomic mass is 16.4. The molecule has 0 atom stereocenters. The van der Waals surface area contributed by atoms with Crippen LogP contribution in [-0.4, -0.2) is 33.5 Å². The predicted molar refractivity (Wildman–Crippen MR) is 83.8 cm³/mol. The van der Waals surface area contributed by atoms with E-state index in [1.54, 1.807) is 0 Å². The molecule has 22 heavy (non-hydrogen) atoms. The van der Waals surface area contributed by atoms with Crippen molar-refractivity contribution in [3.05, 3.63) is 29.1 Å². The summed E-state index contributed by atoms with van der Waals surface area (Å²) in [5.74, 6) is -0.138. The zero-order chi connectivity index (χ0) is 16.1. The van der Waals surface area contributed by atoms with E-state index in [9.17, 15) is 9.59 Å². The minimum atomic E-state index is -0.845. The van der Waals surface area contributed by atoms with Crippen LogP contribution in [0.1, 0.15) is 36.2 Å². The minimum absolute atomic E-state index is 0.0720. The summed E-state index contributed by atoms with van der Waals surface area (Å²) in [5, 5.41) is 11.2. The number of nitrogens with zero attached hydrogens (tertiary/aromatic N) is 1. The van der Waals surface area contributed by atoms with Crippen LogP contribution in [0.3, 0.4) is 0 Å². The number of nitrogens with one attached hydrogen (secondary N) is 2. The lowest BCUT2D eigenvalue weighted by atomic mass is 10.1. The third kappa shape index (κ3) is 4.31. The molecule has 1 aromatic carbocycles. The molecule has 0 saturated carbocycles. The number of benzene rings is 1. The number of fused-ring (bicyclic) bond motifs is 1. The Bertz CT molecular complexity index is 652. The molecular formula is C16H21N3O3. The number of rotatable bonds is 7. The van der Waals surface area contributed by atoms with Crippen molar-refractivity contribution in [2.24, 2.45) is 0 Å². The first kappa shape index (κ1) is 16.0. The molecule has 6 heteroatoms. The Morgan fingerprint density at radius 2 is 1.95 bits per heavy atom. The largest absolute Gasteiger partial charge is 0.481 e. The highest BCUT2D eigenvalue weighted by Crippen LogP contribution is 2.17. The van der Waals surface area contributed by atoms with Crippen LogP contribution in [0.15, 0.2) is 12.1 Å². The fourth-order valence-electron chi connectivity index (χ4n) is 2.23. The van der Waals surface area contributed by atoms with Crippen molar-refractivity contribution in [2.45, 2.75) is 39.5 Å². The average Bonchev–Trinajstić information content (AvgIpc) is 2.83. The lowest BCUT2D eigenvalue weighted by molar-refractivity contribution is -0.137. The number of amides is 1. The molecule has 1 aromatic heterocycles. The third-order valence-electron chi connectivity index (χ3n) is 3.62. The molecule has 118 valence electrons. The molecule has 1 amide bonds. The normalized spacial score (nSPS) is 10.8. The first-order valence-electron chi connectivity index (χ1n) is 7.40. The monoisotopic (exact) mass is 303 g/mol. The summed E-state index contributed by atoms with van der Waals surface area (Å²) >= 11 is 0. The molecule has 0 unspecified atom stereocenters. The molecule has 0 aliphatic rings. The van der Waals surface area contributed by atoms with Crippen LogP contribution >= 0.6 is 0 Å². The predicted octanol–water partition coefficient (Wildman–Crippen LogP) is 2.09. The van der Waals surface area contributed by atoms with Crippen LogP contribution in [0.4, 0.5) is 0 Å². The summed E-state index contributed by atoms with van der Waals surface area (Å²) in [5.41, 5.74) is 4.31. The Kier molecular flexibility index (Phi) is 5.14. The van der Waals surface area contributed by atoms with Gasteiger partial charge in [0.25, 0.3) is 0 Å². The van der Waals surface area contributed by atoms with Gasteiger partial charge < -0.3 is 15.4 Å². The SMILES string of the molecule is Cc1cc2nc(CCC(=O)NCCCC(=O)O)[nH]c2cc1C. The zero-order valence-electron chi connectivity index (χ0n) is 12.9. The van der Waals surface area contributed by atoms with Crippen molar-refractivity contribution in [2.75, 3.05) is 6.54 Å². The number of carbonyl (C=O) groups excluding carboxylic acids is 1. The van der Waals surface area contributed by atoms with Gasteiger partial charge in [0.1, 0.15) is 5.82 Å². The van der Waals surface area contributed by atoms with E-state index in [-0.39, 0.29) is 12.3 Å². The molecule has 0 bridgehead atoms. The third-order valence-corrected chi connectivity index (χ3v) is 3.62. The number of imidazole rings is 1. The molecule has 1 heterocycles. The number of carboxylic acids is 1. The number of H-pyrrole nitrogens is 1. The second-order valence-corrected chi connectivity index (χ2v) is 5.48. The standard InChI is InChI=1S/C16H21N3O3/c1-10-8-12-13(9-11(10)2)19-14(18-12)5-6-15(20)17-7-3-4-16(21)22/h8-9H,3-7H2,1-2H3,(H,17,20)(H,18,19)(H,21,22). The summed E-state index contributed by atoms with van der Waals surface area (Å²) < 4.78 is 0. The van der Waals surface area contributed by atoms with Crippen molar-refractivity contribution >= 4 is 22.9 Å². The lowest BCUT2D eigenvalue weighted by Crippen LogP contribution is -2.25. The Hall–Kier alpha value is -2.37. The van der Waals surface area contributed by atoms with E-state index in [1.165, 1.54) is 11.1 Å². The van der Waals surface area contributed by atoms with Crippen LogP contribution < -0.4 is 5.32 Å². The maximum atomic E-state index is 11.7. The van der Waals surface area contributed by atoms with E-state index in [1.807, 2.05) is 13.0 Å². The first-order valence-corrected chi connectivity index (χ1v) is 7.40. The van der Waals surface area contributed by atoms with Gasteiger partial charge in [0.15, 0.2) is 0 Å². The van der Waals surface area contributed by atoms with Crippen molar-refractivity contribution in [3.8, 4) is 0 Å². The first-order chi connectivity index (χ1) is 10.5. The van der Waals surface area contributed by atoms with Gasteiger partial charge in [0.2, 0.25) is 5.91 Å². The van der Waals surface area contributed by atoms with Gasteiger partial charge in [-0.05, 0) is 43.5 Å². The molecule has 0 spiro atoms. The van der Waals surface area contributed by atoms with E-state index >= 15 is 0 Å². The van der Waals surface area contributed by atoms with Gasteiger partial charge in [0, 0.05) is 25.8 Å². The van der Waals surface area contributed by atoms with Crippen LogP contribution in [0.25, 0.3) is 11.0 Å². The Morgan fingerprint density at radius 1 is 1.23 bits per heavy atom. The number of hydrogen-bond donors (Lipinski definition) is 3. The smallest absolute Gasteiger partial charge is 0.303 e. The van der Waals surface area contributed by atoms with Crippen molar-refractivity contribution in [1.82, 2.24) is 15.3 Å². The number of aromatic nitrogens is 2. The molecule has 2 rings (SSSR count). The summed E-state index contributed by atoms with van der Waals surface area (Å²) in [6.45, 7) is 4.50. The number of carbonyl (C=O) groups is 2.